The fourth-order valence-electron chi connectivity index (χ4n) is 1.85. The Hall–Kier alpha value is -1.94. The van der Waals surface area contributed by atoms with Crippen LogP contribution in [0.5, 0.6) is 0 Å². The zero-order valence-corrected chi connectivity index (χ0v) is 15.9. The van der Waals surface area contributed by atoms with Gasteiger partial charge < -0.3 is 9.53 Å². The number of ether oxygens (including phenoxy) is 1. The average Bonchev–Trinajstić information content (AvgIpc) is 2.48. The minimum Gasteiger partial charge on any atom is -0.443 e. The van der Waals surface area contributed by atoms with Gasteiger partial charge >= 0.3 is 12.3 Å². The van der Waals surface area contributed by atoms with Gasteiger partial charge in [-0.15, -0.1) is 0 Å². The first kappa shape index (κ1) is 22.1. The smallest absolute Gasteiger partial charge is 0.425 e. The number of rotatable bonds is 6. The maximum atomic E-state index is 13.1. The molecule has 0 aromatic heterocycles. The molecule has 1 aromatic rings. The molecule has 1 amide bonds. The molecule has 0 radical (unpaired) electrons. The molecule has 1 aromatic carbocycles. The summed E-state index contributed by atoms with van der Waals surface area (Å²) in [6.45, 7) is 3.75. The van der Waals surface area contributed by atoms with Crippen LogP contribution in [0, 0.1) is 0 Å². The molecule has 0 atom stereocenters. The Kier molecular flexibility index (Phi) is 7.34. The quantitative estimate of drug-likeness (QED) is 0.417. The Labute approximate surface area is 156 Å². The molecule has 6 nitrogen and oxygen atoms in total. The van der Waals surface area contributed by atoms with Gasteiger partial charge in [0, 0.05) is 10.0 Å². The van der Waals surface area contributed by atoms with Gasteiger partial charge in [-0.3, -0.25) is 4.79 Å². The van der Waals surface area contributed by atoms with E-state index < -0.39 is 47.9 Å². The molecule has 0 unspecified atom stereocenters. The number of amides is 1. The van der Waals surface area contributed by atoms with Crippen molar-refractivity contribution in [2.45, 2.75) is 32.5 Å². The number of Topliss-reactive ketones (excluding diaryl/α,β-unsaturated/α-hetero) is 1. The number of nitrogens with one attached hydrogen (secondary N) is 1. The van der Waals surface area contributed by atoms with Crippen molar-refractivity contribution in [3.05, 3.63) is 33.8 Å². The van der Waals surface area contributed by atoms with E-state index in [0.717, 1.165) is 17.1 Å². The van der Waals surface area contributed by atoms with Gasteiger partial charge in [0.15, 0.2) is 5.78 Å². The lowest BCUT2D eigenvalue weighted by atomic mass is 10.0. The average molecular weight is 439 g/mol. The highest BCUT2D eigenvalue weighted by molar-refractivity contribution is 9.10. The number of carbonyl (C=O) groups excluding carboxylic acids is 3. The first-order valence-electron chi connectivity index (χ1n) is 7.42. The van der Waals surface area contributed by atoms with Crippen LogP contribution < -0.4 is 5.43 Å². The van der Waals surface area contributed by atoms with Crippen molar-refractivity contribution < 1.29 is 32.3 Å². The fraction of sp³-hybridized carbons (Fsp3) is 0.438. The van der Waals surface area contributed by atoms with Crippen LogP contribution in [0.1, 0.15) is 36.7 Å². The van der Waals surface area contributed by atoms with Gasteiger partial charge in [-0.1, -0.05) is 15.9 Å². The Bertz CT molecular complexity index is 687. The third-order valence-corrected chi connectivity index (χ3v) is 3.38. The lowest BCUT2D eigenvalue weighted by Crippen LogP contribution is -2.48. The predicted octanol–water partition coefficient (Wildman–Crippen LogP) is 3.59. The molecule has 26 heavy (non-hydrogen) atoms. The standard InChI is InChI=1S/C16H18BrF3N2O4/c1-15(2,3)26-14(25)22(6-7-23)21-9-13(24)11-5-4-10(17)8-12(11)16(18,19)20/h4-5,7-8,21H,6,9H2,1-3H3. The highest BCUT2D eigenvalue weighted by atomic mass is 79.9. The highest BCUT2D eigenvalue weighted by Gasteiger charge is 2.35. The second-order valence-electron chi connectivity index (χ2n) is 6.20. The van der Waals surface area contributed by atoms with Crippen LogP contribution in [0.25, 0.3) is 0 Å². The summed E-state index contributed by atoms with van der Waals surface area (Å²) in [5, 5.41) is 0.724. The second kappa shape index (κ2) is 8.63. The number of hydrogen-bond acceptors (Lipinski definition) is 5. The van der Waals surface area contributed by atoms with Crippen molar-refractivity contribution in [2.24, 2.45) is 0 Å². The normalized spacial score (nSPS) is 11.8. The Morgan fingerprint density at radius 1 is 1.27 bits per heavy atom. The van der Waals surface area contributed by atoms with E-state index in [9.17, 15) is 27.6 Å². The molecule has 0 fully saturated rings. The predicted molar refractivity (Wildman–Crippen MR) is 90.5 cm³/mol. The van der Waals surface area contributed by atoms with E-state index >= 15 is 0 Å². The van der Waals surface area contributed by atoms with Gasteiger partial charge in [0.05, 0.1) is 18.7 Å². The number of benzene rings is 1. The number of halogens is 4. The number of nitrogens with zero attached hydrogens (tertiary/aromatic N) is 1. The third-order valence-electron chi connectivity index (χ3n) is 2.89. The Balaban J connectivity index is 2.93. The number of hydrazine groups is 1. The molecule has 0 heterocycles. The second-order valence-corrected chi connectivity index (χ2v) is 7.12. The van der Waals surface area contributed by atoms with Gasteiger partial charge in [0.2, 0.25) is 0 Å². The van der Waals surface area contributed by atoms with E-state index in [-0.39, 0.29) is 4.47 Å². The molecule has 10 heteroatoms. The van der Waals surface area contributed by atoms with Gasteiger partial charge in [0.25, 0.3) is 0 Å². The van der Waals surface area contributed by atoms with Crippen molar-refractivity contribution in [3.63, 3.8) is 0 Å². The monoisotopic (exact) mass is 438 g/mol. The van der Waals surface area contributed by atoms with E-state index in [2.05, 4.69) is 21.4 Å². The molecule has 0 aliphatic heterocycles. The van der Waals surface area contributed by atoms with E-state index in [4.69, 9.17) is 4.74 Å². The number of ketones is 1. The summed E-state index contributed by atoms with van der Waals surface area (Å²) >= 11 is 2.93. The summed E-state index contributed by atoms with van der Waals surface area (Å²) in [6.07, 6.45) is -5.26. The van der Waals surface area contributed by atoms with Crippen LogP contribution in [-0.2, 0) is 15.7 Å². The van der Waals surface area contributed by atoms with Gasteiger partial charge in [0.1, 0.15) is 11.9 Å². The lowest BCUT2D eigenvalue weighted by Gasteiger charge is -2.26. The van der Waals surface area contributed by atoms with E-state index in [1.165, 1.54) is 6.07 Å². The van der Waals surface area contributed by atoms with Crippen molar-refractivity contribution in [1.82, 2.24) is 10.4 Å². The topological polar surface area (TPSA) is 75.7 Å². The molecule has 1 N–H and O–H groups in total. The SMILES string of the molecule is CC(C)(C)OC(=O)N(CC=O)NCC(=O)c1ccc(Br)cc1C(F)(F)F. The molecule has 0 bridgehead atoms. The molecule has 0 spiro atoms. The van der Waals surface area contributed by atoms with E-state index in [1.54, 1.807) is 20.8 Å². The van der Waals surface area contributed by atoms with Crippen LogP contribution in [0.4, 0.5) is 18.0 Å². The van der Waals surface area contributed by atoms with Crippen molar-refractivity contribution in [1.29, 1.82) is 0 Å². The summed E-state index contributed by atoms with van der Waals surface area (Å²) in [5.41, 5.74) is -0.166. The molecule has 0 aliphatic carbocycles. The first-order valence-corrected chi connectivity index (χ1v) is 8.22. The molecule has 144 valence electrons. The van der Waals surface area contributed by atoms with Crippen LogP contribution in [0.2, 0.25) is 0 Å². The first-order chi connectivity index (χ1) is 11.8. The highest BCUT2D eigenvalue weighted by Crippen LogP contribution is 2.34. The molecular weight excluding hydrogens is 421 g/mol. The summed E-state index contributed by atoms with van der Waals surface area (Å²) < 4.78 is 44.5. The van der Waals surface area contributed by atoms with Crippen molar-refractivity contribution in [2.75, 3.05) is 13.1 Å². The summed E-state index contributed by atoms with van der Waals surface area (Å²) in [5.74, 6) is -0.899. The summed E-state index contributed by atoms with van der Waals surface area (Å²) in [4.78, 5) is 34.8. The molecular formula is C16H18BrF3N2O4. The number of alkyl halides is 3. The maximum absolute atomic E-state index is 13.1. The number of hydrogen-bond donors (Lipinski definition) is 1. The van der Waals surface area contributed by atoms with E-state index in [0.29, 0.717) is 6.29 Å². The van der Waals surface area contributed by atoms with Crippen LogP contribution in [-0.4, -0.2) is 41.9 Å². The fourth-order valence-corrected chi connectivity index (χ4v) is 2.21. The summed E-state index contributed by atoms with van der Waals surface area (Å²) in [6, 6.07) is 3.14. The van der Waals surface area contributed by atoms with Crippen LogP contribution in [0.3, 0.4) is 0 Å². The van der Waals surface area contributed by atoms with Gasteiger partial charge in [-0.05, 0) is 39.0 Å². The minimum absolute atomic E-state index is 0.172. The van der Waals surface area contributed by atoms with Crippen LogP contribution >= 0.6 is 15.9 Å². The number of carbonyl (C=O) groups is 3. The van der Waals surface area contributed by atoms with Crippen molar-refractivity contribution in [3.8, 4) is 0 Å². The molecule has 1 rings (SSSR count). The molecule has 0 saturated carbocycles. The van der Waals surface area contributed by atoms with Crippen LogP contribution in [0.15, 0.2) is 22.7 Å². The van der Waals surface area contributed by atoms with Gasteiger partial charge in [-0.25, -0.2) is 15.2 Å². The minimum atomic E-state index is -4.72. The molecule has 0 aliphatic rings. The lowest BCUT2D eigenvalue weighted by molar-refractivity contribution is -0.138. The zero-order chi connectivity index (χ0) is 20.1. The number of aldehydes is 1. The van der Waals surface area contributed by atoms with Gasteiger partial charge in [-0.2, -0.15) is 13.2 Å². The Morgan fingerprint density at radius 2 is 1.88 bits per heavy atom. The zero-order valence-electron chi connectivity index (χ0n) is 14.3. The van der Waals surface area contributed by atoms with E-state index in [1.807, 2.05) is 0 Å². The Morgan fingerprint density at radius 3 is 2.38 bits per heavy atom. The maximum Gasteiger partial charge on any atom is 0.425 e. The largest absolute Gasteiger partial charge is 0.443 e. The third kappa shape index (κ3) is 6.75. The van der Waals surface area contributed by atoms with Crippen molar-refractivity contribution >= 4 is 34.1 Å². The molecule has 0 saturated heterocycles. The summed E-state index contributed by atoms with van der Waals surface area (Å²) in [7, 11) is 0.